The van der Waals surface area contributed by atoms with Crippen molar-refractivity contribution in [3.05, 3.63) is 0 Å². The highest BCUT2D eigenvalue weighted by atomic mass is 15.2. The third-order valence-corrected chi connectivity index (χ3v) is 4.04. The number of rotatable bonds is 10. The monoisotopic (exact) mass is 265 g/mol. The van der Waals surface area contributed by atoms with Crippen LogP contribution in [0.1, 0.15) is 59.8 Å². The van der Waals surface area contributed by atoms with Crippen molar-refractivity contribution in [1.29, 1.82) is 5.26 Å². The van der Waals surface area contributed by atoms with Crippen LogP contribution >= 0.6 is 0 Å². The summed E-state index contributed by atoms with van der Waals surface area (Å²) < 4.78 is 0. The molecule has 2 unspecified atom stereocenters. The van der Waals surface area contributed by atoms with E-state index in [0.717, 1.165) is 31.8 Å². The Bertz CT molecular complexity index is 293. The largest absolute Gasteiger partial charge is 0.300 e. The van der Waals surface area contributed by atoms with E-state index in [9.17, 15) is 5.26 Å². The lowest BCUT2D eigenvalue weighted by atomic mass is 9.94. The molecule has 0 aliphatic heterocycles. The van der Waals surface area contributed by atoms with Crippen LogP contribution < -0.4 is 5.32 Å². The maximum Gasteiger partial charge on any atom is 0.105 e. The fourth-order valence-electron chi connectivity index (χ4n) is 2.69. The smallest absolute Gasteiger partial charge is 0.105 e. The predicted octanol–water partition coefficient (Wildman–Crippen LogP) is 3.17. The van der Waals surface area contributed by atoms with E-state index in [1.807, 2.05) is 6.92 Å². The van der Waals surface area contributed by atoms with Crippen molar-refractivity contribution < 1.29 is 0 Å². The zero-order chi connectivity index (χ0) is 14.3. The van der Waals surface area contributed by atoms with Gasteiger partial charge in [0.25, 0.3) is 0 Å². The third kappa shape index (κ3) is 5.93. The van der Waals surface area contributed by atoms with Crippen molar-refractivity contribution in [1.82, 2.24) is 10.2 Å². The van der Waals surface area contributed by atoms with Gasteiger partial charge in [-0.3, -0.25) is 5.32 Å². The molecular weight excluding hydrogens is 234 g/mol. The molecular formula is C16H31N3. The topological polar surface area (TPSA) is 39.1 Å². The second kappa shape index (κ2) is 7.87. The number of hydrogen-bond donors (Lipinski definition) is 1. The van der Waals surface area contributed by atoms with Crippen LogP contribution in [0.5, 0.6) is 0 Å². The van der Waals surface area contributed by atoms with Gasteiger partial charge < -0.3 is 4.90 Å². The van der Waals surface area contributed by atoms with Gasteiger partial charge in [-0.25, -0.2) is 0 Å². The summed E-state index contributed by atoms with van der Waals surface area (Å²) in [5, 5.41) is 12.8. The molecule has 19 heavy (non-hydrogen) atoms. The Kier molecular flexibility index (Phi) is 6.82. The molecule has 0 aromatic carbocycles. The van der Waals surface area contributed by atoms with Crippen LogP contribution in [0.15, 0.2) is 0 Å². The van der Waals surface area contributed by atoms with E-state index in [2.05, 4.69) is 37.1 Å². The summed E-state index contributed by atoms with van der Waals surface area (Å²) in [6.07, 6.45) is 5.98. The molecule has 0 bridgehead atoms. The molecule has 1 saturated carbocycles. The molecule has 3 heteroatoms. The summed E-state index contributed by atoms with van der Waals surface area (Å²) in [4.78, 5) is 2.58. The minimum absolute atomic E-state index is 0.384. The normalized spacial score (nSPS) is 20.0. The van der Waals surface area contributed by atoms with E-state index in [4.69, 9.17) is 0 Å². The van der Waals surface area contributed by atoms with Crippen molar-refractivity contribution in [2.24, 2.45) is 5.92 Å². The SMILES string of the molecule is CCCNC(C)(C#N)CC(C)N(CCC)CC1CC1. The second-order valence-electron chi connectivity index (χ2n) is 6.36. The Morgan fingerprint density at radius 3 is 2.53 bits per heavy atom. The van der Waals surface area contributed by atoms with Crippen molar-refractivity contribution >= 4 is 0 Å². The Labute approximate surface area is 119 Å². The number of hydrogen-bond acceptors (Lipinski definition) is 3. The molecule has 0 radical (unpaired) electrons. The van der Waals surface area contributed by atoms with Crippen LogP contribution in [-0.4, -0.2) is 36.1 Å². The van der Waals surface area contributed by atoms with Crippen LogP contribution in [0.25, 0.3) is 0 Å². The Balaban J connectivity index is 2.51. The maximum atomic E-state index is 9.44. The Hall–Kier alpha value is -0.590. The van der Waals surface area contributed by atoms with Gasteiger partial charge in [0, 0.05) is 12.6 Å². The fraction of sp³-hybridized carbons (Fsp3) is 0.938. The van der Waals surface area contributed by atoms with Crippen LogP contribution in [0, 0.1) is 17.2 Å². The van der Waals surface area contributed by atoms with Gasteiger partial charge >= 0.3 is 0 Å². The first-order valence-electron chi connectivity index (χ1n) is 7.95. The molecule has 110 valence electrons. The van der Waals surface area contributed by atoms with Crippen molar-refractivity contribution in [3.63, 3.8) is 0 Å². The Morgan fingerprint density at radius 2 is 2.05 bits per heavy atom. The van der Waals surface area contributed by atoms with Crippen molar-refractivity contribution in [2.45, 2.75) is 71.4 Å². The van der Waals surface area contributed by atoms with E-state index in [-0.39, 0.29) is 5.54 Å². The first-order chi connectivity index (χ1) is 9.04. The minimum atomic E-state index is -0.384. The third-order valence-electron chi connectivity index (χ3n) is 4.04. The highest BCUT2D eigenvalue weighted by Gasteiger charge is 2.31. The molecule has 0 heterocycles. The first kappa shape index (κ1) is 16.5. The average molecular weight is 265 g/mol. The van der Waals surface area contributed by atoms with Gasteiger partial charge in [-0.15, -0.1) is 0 Å². The van der Waals surface area contributed by atoms with E-state index < -0.39 is 0 Å². The predicted molar refractivity (Wildman–Crippen MR) is 81.0 cm³/mol. The van der Waals surface area contributed by atoms with Gasteiger partial charge in [-0.2, -0.15) is 5.26 Å². The summed E-state index contributed by atoms with van der Waals surface area (Å²) in [6, 6.07) is 2.95. The highest BCUT2D eigenvalue weighted by Crippen LogP contribution is 2.31. The summed E-state index contributed by atoms with van der Waals surface area (Å²) in [6.45, 7) is 12.0. The van der Waals surface area contributed by atoms with E-state index in [1.165, 1.54) is 25.8 Å². The standard InChI is InChI=1S/C16H31N3/c1-5-9-18-16(4,13-17)11-14(3)19(10-6-2)12-15-7-8-15/h14-15,18H,5-12H2,1-4H3. The second-order valence-corrected chi connectivity index (χ2v) is 6.36. The molecule has 1 fully saturated rings. The molecule has 1 N–H and O–H groups in total. The molecule has 1 rings (SSSR count). The number of nitrogens with zero attached hydrogens (tertiary/aromatic N) is 2. The molecule has 0 spiro atoms. The summed E-state index contributed by atoms with van der Waals surface area (Å²) in [5.74, 6) is 0.922. The average Bonchev–Trinajstić information content (AvgIpc) is 3.20. The molecule has 1 aliphatic rings. The molecule has 0 aromatic heterocycles. The molecule has 2 atom stereocenters. The molecule has 1 aliphatic carbocycles. The fourth-order valence-corrected chi connectivity index (χ4v) is 2.69. The van der Waals surface area contributed by atoms with Gasteiger partial charge in [0.1, 0.15) is 5.54 Å². The minimum Gasteiger partial charge on any atom is -0.300 e. The van der Waals surface area contributed by atoms with Crippen LogP contribution in [0.2, 0.25) is 0 Å². The first-order valence-corrected chi connectivity index (χ1v) is 7.95. The van der Waals surface area contributed by atoms with Crippen molar-refractivity contribution in [3.8, 4) is 6.07 Å². The molecule has 0 aromatic rings. The quantitative estimate of drug-likeness (QED) is 0.659. The van der Waals surface area contributed by atoms with Crippen LogP contribution in [0.4, 0.5) is 0 Å². The van der Waals surface area contributed by atoms with E-state index in [1.54, 1.807) is 0 Å². The summed E-state index contributed by atoms with van der Waals surface area (Å²) in [5.41, 5.74) is -0.384. The van der Waals surface area contributed by atoms with Crippen molar-refractivity contribution in [2.75, 3.05) is 19.6 Å². The number of nitriles is 1. The van der Waals surface area contributed by atoms with E-state index >= 15 is 0 Å². The zero-order valence-corrected chi connectivity index (χ0v) is 13.2. The van der Waals surface area contributed by atoms with Gasteiger partial charge in [0.05, 0.1) is 6.07 Å². The van der Waals surface area contributed by atoms with Gasteiger partial charge in [0.2, 0.25) is 0 Å². The molecule has 3 nitrogen and oxygen atoms in total. The lowest BCUT2D eigenvalue weighted by Gasteiger charge is -2.34. The van der Waals surface area contributed by atoms with Crippen LogP contribution in [-0.2, 0) is 0 Å². The Morgan fingerprint density at radius 1 is 1.37 bits per heavy atom. The zero-order valence-electron chi connectivity index (χ0n) is 13.2. The van der Waals surface area contributed by atoms with Gasteiger partial charge in [-0.1, -0.05) is 13.8 Å². The summed E-state index contributed by atoms with van der Waals surface area (Å²) >= 11 is 0. The maximum absolute atomic E-state index is 9.44. The van der Waals surface area contributed by atoms with E-state index in [0.29, 0.717) is 6.04 Å². The van der Waals surface area contributed by atoms with Crippen LogP contribution in [0.3, 0.4) is 0 Å². The summed E-state index contributed by atoms with van der Waals surface area (Å²) in [7, 11) is 0. The van der Waals surface area contributed by atoms with Gasteiger partial charge in [0.15, 0.2) is 0 Å². The lowest BCUT2D eigenvalue weighted by molar-refractivity contribution is 0.169. The van der Waals surface area contributed by atoms with Gasteiger partial charge in [-0.05, 0) is 65.0 Å². The molecule has 0 saturated heterocycles. The number of nitrogens with one attached hydrogen (secondary N) is 1. The highest BCUT2D eigenvalue weighted by molar-refractivity contribution is 5.05. The molecule has 0 amide bonds. The lowest BCUT2D eigenvalue weighted by Crippen LogP contribution is -2.48.